The van der Waals surface area contributed by atoms with Gasteiger partial charge >= 0.3 is 5.97 Å². The number of halogens is 1. The van der Waals surface area contributed by atoms with Crippen LogP contribution in [-0.2, 0) is 20.7 Å². The Labute approximate surface area is 179 Å². The standard InChI is InChI=1S/C24H21FN2O4/c25-20-11-6-10-19(14-20)24(30)26-15-23(29)31-16-22(28)27-21-12-5-4-9-18(21)13-17-7-2-1-3-8-17/h1-12,14H,13,15-16H2,(H,26,30)(H,27,28). The molecule has 0 heterocycles. The summed E-state index contributed by atoms with van der Waals surface area (Å²) in [6.45, 7) is -0.929. The van der Waals surface area contributed by atoms with Crippen LogP contribution in [0.5, 0.6) is 0 Å². The molecule has 0 atom stereocenters. The second-order valence-corrected chi connectivity index (χ2v) is 6.72. The number of amides is 2. The molecule has 2 amide bonds. The van der Waals surface area contributed by atoms with Crippen molar-refractivity contribution in [1.82, 2.24) is 5.32 Å². The van der Waals surface area contributed by atoms with E-state index in [0.717, 1.165) is 17.2 Å². The fraction of sp³-hybridized carbons (Fsp3) is 0.125. The van der Waals surface area contributed by atoms with Crippen LogP contribution >= 0.6 is 0 Å². The van der Waals surface area contributed by atoms with Gasteiger partial charge in [-0.05, 0) is 41.8 Å². The quantitative estimate of drug-likeness (QED) is 0.548. The number of nitrogens with one attached hydrogen (secondary N) is 2. The zero-order valence-corrected chi connectivity index (χ0v) is 16.6. The van der Waals surface area contributed by atoms with Crippen molar-refractivity contribution in [2.45, 2.75) is 6.42 Å². The Kier molecular flexibility index (Phi) is 7.48. The molecule has 0 bridgehead atoms. The second-order valence-electron chi connectivity index (χ2n) is 6.72. The van der Waals surface area contributed by atoms with Crippen LogP contribution in [0.2, 0.25) is 0 Å². The maximum absolute atomic E-state index is 13.1. The fourth-order valence-corrected chi connectivity index (χ4v) is 2.88. The van der Waals surface area contributed by atoms with Crippen molar-refractivity contribution >= 4 is 23.5 Å². The number of benzene rings is 3. The van der Waals surface area contributed by atoms with E-state index in [9.17, 15) is 18.8 Å². The van der Waals surface area contributed by atoms with E-state index in [4.69, 9.17) is 4.74 Å². The smallest absolute Gasteiger partial charge is 0.325 e. The van der Waals surface area contributed by atoms with Gasteiger partial charge in [0.15, 0.2) is 6.61 Å². The van der Waals surface area contributed by atoms with Gasteiger partial charge in [-0.25, -0.2) is 4.39 Å². The Bertz CT molecular complexity index is 1070. The summed E-state index contributed by atoms with van der Waals surface area (Å²) in [6, 6.07) is 22.3. The van der Waals surface area contributed by atoms with Crippen LogP contribution < -0.4 is 10.6 Å². The molecule has 2 N–H and O–H groups in total. The molecule has 0 aliphatic rings. The third-order valence-electron chi connectivity index (χ3n) is 4.37. The number of esters is 1. The Morgan fingerprint density at radius 1 is 0.871 bits per heavy atom. The van der Waals surface area contributed by atoms with Crippen molar-refractivity contribution in [3.05, 3.63) is 101 Å². The number of carbonyl (C=O) groups excluding carboxylic acids is 3. The highest BCUT2D eigenvalue weighted by Crippen LogP contribution is 2.19. The first kappa shape index (κ1) is 21.7. The molecular weight excluding hydrogens is 399 g/mol. The molecule has 0 unspecified atom stereocenters. The summed E-state index contributed by atoms with van der Waals surface area (Å²) in [4.78, 5) is 35.9. The second kappa shape index (κ2) is 10.7. The van der Waals surface area contributed by atoms with Gasteiger partial charge in [-0.2, -0.15) is 0 Å². The lowest BCUT2D eigenvalue weighted by atomic mass is 10.0. The van der Waals surface area contributed by atoms with E-state index < -0.39 is 36.8 Å². The van der Waals surface area contributed by atoms with Crippen molar-refractivity contribution in [1.29, 1.82) is 0 Å². The molecule has 3 rings (SSSR count). The van der Waals surface area contributed by atoms with Gasteiger partial charge in [0.25, 0.3) is 11.8 Å². The van der Waals surface area contributed by atoms with Gasteiger partial charge in [0.2, 0.25) is 0 Å². The molecule has 158 valence electrons. The zero-order chi connectivity index (χ0) is 22.1. The summed E-state index contributed by atoms with van der Waals surface area (Å²) < 4.78 is 18.1. The highest BCUT2D eigenvalue weighted by molar-refractivity contribution is 5.96. The maximum Gasteiger partial charge on any atom is 0.325 e. The number of hydrogen-bond donors (Lipinski definition) is 2. The number of anilines is 1. The molecule has 0 aliphatic carbocycles. The first-order valence-electron chi connectivity index (χ1n) is 9.62. The Hall–Kier alpha value is -4.00. The average molecular weight is 420 g/mol. The van der Waals surface area contributed by atoms with E-state index in [-0.39, 0.29) is 5.56 Å². The van der Waals surface area contributed by atoms with E-state index in [2.05, 4.69) is 10.6 Å². The van der Waals surface area contributed by atoms with Gasteiger partial charge < -0.3 is 15.4 Å². The van der Waals surface area contributed by atoms with Crippen LogP contribution in [0.1, 0.15) is 21.5 Å². The van der Waals surface area contributed by atoms with Crippen LogP contribution in [-0.4, -0.2) is 30.9 Å². The number of hydrogen-bond acceptors (Lipinski definition) is 4. The summed E-state index contributed by atoms with van der Waals surface area (Å²) in [5.41, 5.74) is 2.74. The summed E-state index contributed by atoms with van der Waals surface area (Å²) in [6.07, 6.45) is 0.642. The van der Waals surface area contributed by atoms with Crippen molar-refractivity contribution in [2.75, 3.05) is 18.5 Å². The van der Waals surface area contributed by atoms with Crippen molar-refractivity contribution < 1.29 is 23.5 Å². The first-order chi connectivity index (χ1) is 15.0. The van der Waals surface area contributed by atoms with Gasteiger partial charge in [0.05, 0.1) is 0 Å². The average Bonchev–Trinajstić information content (AvgIpc) is 2.78. The first-order valence-corrected chi connectivity index (χ1v) is 9.62. The molecule has 0 saturated heterocycles. The molecule has 0 radical (unpaired) electrons. The molecule has 3 aromatic carbocycles. The van der Waals surface area contributed by atoms with Gasteiger partial charge in [-0.15, -0.1) is 0 Å². The summed E-state index contributed by atoms with van der Waals surface area (Å²) in [7, 11) is 0. The lowest BCUT2D eigenvalue weighted by molar-refractivity contribution is -0.146. The fourth-order valence-electron chi connectivity index (χ4n) is 2.88. The van der Waals surface area contributed by atoms with Crippen molar-refractivity contribution in [3.8, 4) is 0 Å². The van der Waals surface area contributed by atoms with E-state index >= 15 is 0 Å². The number of carbonyl (C=O) groups is 3. The largest absolute Gasteiger partial charge is 0.454 e. The molecule has 0 spiro atoms. The summed E-state index contributed by atoms with van der Waals surface area (Å²) in [5.74, 6) is -2.45. The molecule has 0 saturated carbocycles. The van der Waals surface area contributed by atoms with Crippen LogP contribution in [0.4, 0.5) is 10.1 Å². The third kappa shape index (κ3) is 6.78. The maximum atomic E-state index is 13.1. The summed E-state index contributed by atoms with van der Waals surface area (Å²) in [5, 5.41) is 5.06. The molecule has 31 heavy (non-hydrogen) atoms. The van der Waals surface area contributed by atoms with Gasteiger partial charge in [-0.1, -0.05) is 54.6 Å². The van der Waals surface area contributed by atoms with E-state index in [1.165, 1.54) is 18.2 Å². The summed E-state index contributed by atoms with van der Waals surface area (Å²) >= 11 is 0. The van der Waals surface area contributed by atoms with Crippen LogP contribution in [0.3, 0.4) is 0 Å². The monoisotopic (exact) mass is 420 g/mol. The highest BCUT2D eigenvalue weighted by Gasteiger charge is 2.12. The topological polar surface area (TPSA) is 84.5 Å². The number of ether oxygens (including phenoxy) is 1. The predicted octanol–water partition coefficient (Wildman–Crippen LogP) is 3.33. The lowest BCUT2D eigenvalue weighted by Crippen LogP contribution is -2.32. The van der Waals surface area contributed by atoms with Gasteiger partial charge in [0.1, 0.15) is 12.4 Å². The minimum atomic E-state index is -0.780. The molecule has 0 aliphatic heterocycles. The molecule has 0 fully saturated rings. The number of rotatable bonds is 8. The highest BCUT2D eigenvalue weighted by atomic mass is 19.1. The van der Waals surface area contributed by atoms with E-state index in [1.807, 2.05) is 42.5 Å². The third-order valence-corrected chi connectivity index (χ3v) is 4.37. The van der Waals surface area contributed by atoms with Crippen LogP contribution in [0.25, 0.3) is 0 Å². The number of para-hydroxylation sites is 1. The van der Waals surface area contributed by atoms with E-state index in [1.54, 1.807) is 12.1 Å². The lowest BCUT2D eigenvalue weighted by Gasteiger charge is -2.12. The van der Waals surface area contributed by atoms with Crippen LogP contribution in [0, 0.1) is 5.82 Å². The van der Waals surface area contributed by atoms with E-state index in [0.29, 0.717) is 12.1 Å². The van der Waals surface area contributed by atoms with Gasteiger partial charge in [-0.3, -0.25) is 14.4 Å². The minimum Gasteiger partial charge on any atom is -0.454 e. The zero-order valence-electron chi connectivity index (χ0n) is 16.6. The van der Waals surface area contributed by atoms with Crippen molar-refractivity contribution in [2.24, 2.45) is 0 Å². The van der Waals surface area contributed by atoms with Gasteiger partial charge in [0, 0.05) is 11.3 Å². The Balaban J connectivity index is 1.47. The molecule has 6 nitrogen and oxygen atoms in total. The molecule has 3 aromatic rings. The molecule has 0 aromatic heterocycles. The molecule has 7 heteroatoms. The van der Waals surface area contributed by atoms with Crippen molar-refractivity contribution in [3.63, 3.8) is 0 Å². The Morgan fingerprint density at radius 2 is 1.61 bits per heavy atom. The minimum absolute atomic E-state index is 0.0839. The normalized spacial score (nSPS) is 10.2. The SMILES string of the molecule is O=C(COC(=O)CNC(=O)c1cccc(F)c1)Nc1ccccc1Cc1ccccc1. The Morgan fingerprint density at radius 3 is 2.39 bits per heavy atom. The predicted molar refractivity (Wildman–Crippen MR) is 114 cm³/mol. The molecular formula is C24H21FN2O4. The van der Waals surface area contributed by atoms with Crippen LogP contribution in [0.15, 0.2) is 78.9 Å².